The molecule has 0 heterocycles. The van der Waals surface area contributed by atoms with Crippen LogP contribution in [0.5, 0.6) is 0 Å². The minimum atomic E-state index is -0.648. The zero-order valence-corrected chi connectivity index (χ0v) is 11.9. The molecule has 1 aliphatic rings. The fourth-order valence-electron chi connectivity index (χ4n) is 2.41. The molecule has 0 bridgehead atoms. The zero-order valence-electron chi connectivity index (χ0n) is 11.9. The maximum atomic E-state index is 10.8. The van der Waals surface area contributed by atoms with Gasteiger partial charge in [0.25, 0.3) is 0 Å². The number of benzene rings is 1. The molecule has 0 amide bonds. The van der Waals surface area contributed by atoms with Crippen LogP contribution >= 0.6 is 0 Å². The Labute approximate surface area is 115 Å². The summed E-state index contributed by atoms with van der Waals surface area (Å²) in [6.45, 7) is 8.16. The van der Waals surface area contributed by atoms with Crippen molar-refractivity contribution in [1.29, 1.82) is 0 Å². The van der Waals surface area contributed by atoms with Crippen molar-refractivity contribution in [3.8, 4) is 0 Å². The van der Waals surface area contributed by atoms with Crippen molar-refractivity contribution in [2.45, 2.75) is 39.7 Å². The third-order valence-corrected chi connectivity index (χ3v) is 4.00. The molecule has 3 heteroatoms. The largest absolute Gasteiger partial charge is 0.481 e. The van der Waals surface area contributed by atoms with E-state index in [1.54, 1.807) is 0 Å². The Bertz CT molecular complexity index is 468. The van der Waals surface area contributed by atoms with Gasteiger partial charge in [-0.15, -0.1) is 0 Å². The van der Waals surface area contributed by atoms with Gasteiger partial charge < -0.3 is 10.4 Å². The molecule has 1 aliphatic carbocycles. The molecule has 0 radical (unpaired) electrons. The van der Waals surface area contributed by atoms with Crippen molar-refractivity contribution < 1.29 is 9.90 Å². The maximum Gasteiger partial charge on any atom is 0.306 e. The predicted octanol–water partition coefficient (Wildman–Crippen LogP) is 2.93. The van der Waals surface area contributed by atoms with Gasteiger partial charge in [0.15, 0.2) is 0 Å². The molecule has 1 aromatic carbocycles. The first kappa shape index (κ1) is 14.1. The molecule has 2 unspecified atom stereocenters. The van der Waals surface area contributed by atoms with E-state index >= 15 is 0 Å². The Balaban J connectivity index is 1.86. The molecule has 0 aliphatic heterocycles. The molecular weight excluding hydrogens is 238 g/mol. The first-order valence-electron chi connectivity index (χ1n) is 7.02. The average Bonchev–Trinajstić information content (AvgIpc) is 3.11. The summed E-state index contributed by atoms with van der Waals surface area (Å²) >= 11 is 0. The number of rotatable bonds is 6. The minimum Gasteiger partial charge on any atom is -0.481 e. The highest BCUT2D eigenvalue weighted by atomic mass is 16.4. The molecular formula is C16H23NO2. The van der Waals surface area contributed by atoms with Crippen LogP contribution in [-0.2, 0) is 11.3 Å². The minimum absolute atomic E-state index is 0.115. The number of carboxylic acids is 1. The highest BCUT2D eigenvalue weighted by Crippen LogP contribution is 2.37. The van der Waals surface area contributed by atoms with E-state index in [0.717, 1.165) is 19.5 Å². The van der Waals surface area contributed by atoms with Crippen molar-refractivity contribution in [3.63, 3.8) is 0 Å². The molecule has 2 atom stereocenters. The highest BCUT2D eigenvalue weighted by molar-refractivity contribution is 5.73. The maximum absolute atomic E-state index is 10.8. The van der Waals surface area contributed by atoms with Crippen LogP contribution < -0.4 is 5.32 Å². The van der Waals surface area contributed by atoms with Gasteiger partial charge in [0.1, 0.15) is 0 Å². The van der Waals surface area contributed by atoms with E-state index in [9.17, 15) is 4.79 Å². The van der Waals surface area contributed by atoms with Crippen LogP contribution in [0.2, 0.25) is 0 Å². The molecule has 19 heavy (non-hydrogen) atoms. The summed E-state index contributed by atoms with van der Waals surface area (Å²) in [5.74, 6) is 0.102. The molecule has 1 aromatic rings. The summed E-state index contributed by atoms with van der Waals surface area (Å²) in [6, 6.07) is 6.61. The van der Waals surface area contributed by atoms with Gasteiger partial charge in [-0.3, -0.25) is 4.79 Å². The lowest BCUT2D eigenvalue weighted by molar-refractivity contribution is -0.138. The van der Waals surface area contributed by atoms with Crippen LogP contribution in [0.1, 0.15) is 42.9 Å². The third-order valence-electron chi connectivity index (χ3n) is 4.00. The summed E-state index contributed by atoms with van der Waals surface area (Å²) in [6.07, 6.45) is 0.827. The second-order valence-electron chi connectivity index (χ2n) is 5.91. The molecule has 1 saturated carbocycles. The molecule has 104 valence electrons. The van der Waals surface area contributed by atoms with Crippen molar-refractivity contribution in [2.24, 2.45) is 11.8 Å². The van der Waals surface area contributed by atoms with Gasteiger partial charge in [-0.1, -0.05) is 32.0 Å². The smallest absolute Gasteiger partial charge is 0.306 e. The van der Waals surface area contributed by atoms with Gasteiger partial charge in [0.2, 0.25) is 0 Å². The fraction of sp³-hybridized carbons (Fsp3) is 0.562. The van der Waals surface area contributed by atoms with Crippen molar-refractivity contribution in [1.82, 2.24) is 5.32 Å². The summed E-state index contributed by atoms with van der Waals surface area (Å²) < 4.78 is 0. The van der Waals surface area contributed by atoms with Crippen LogP contribution in [-0.4, -0.2) is 17.6 Å². The molecule has 0 aromatic heterocycles. The van der Waals surface area contributed by atoms with Crippen LogP contribution in [0.15, 0.2) is 18.2 Å². The first-order chi connectivity index (χ1) is 8.99. The quantitative estimate of drug-likeness (QED) is 0.827. The molecule has 2 N–H and O–H groups in total. The Hall–Kier alpha value is -1.35. The van der Waals surface area contributed by atoms with Crippen LogP contribution in [0.4, 0.5) is 0 Å². The summed E-state index contributed by atoms with van der Waals surface area (Å²) in [5, 5.41) is 12.2. The lowest BCUT2D eigenvalue weighted by Gasteiger charge is -2.12. The summed E-state index contributed by atoms with van der Waals surface area (Å²) in [7, 11) is 0. The van der Waals surface area contributed by atoms with E-state index in [-0.39, 0.29) is 5.92 Å². The lowest BCUT2D eigenvalue weighted by Crippen LogP contribution is -2.18. The zero-order chi connectivity index (χ0) is 14.0. The molecule has 3 nitrogen and oxygen atoms in total. The third kappa shape index (κ3) is 3.57. The van der Waals surface area contributed by atoms with Gasteiger partial charge >= 0.3 is 5.97 Å². The van der Waals surface area contributed by atoms with Crippen LogP contribution in [0.25, 0.3) is 0 Å². The number of aryl methyl sites for hydroxylation is 1. The van der Waals surface area contributed by atoms with E-state index in [1.807, 2.05) is 0 Å². The topological polar surface area (TPSA) is 49.3 Å². The number of aliphatic carboxylic acids is 1. The monoisotopic (exact) mass is 261 g/mol. The Kier molecular flexibility index (Phi) is 4.25. The lowest BCUT2D eigenvalue weighted by atomic mass is 9.98. The second-order valence-corrected chi connectivity index (χ2v) is 5.91. The molecule has 0 saturated heterocycles. The Morgan fingerprint density at radius 3 is 2.79 bits per heavy atom. The van der Waals surface area contributed by atoms with Crippen molar-refractivity contribution >= 4 is 5.97 Å². The van der Waals surface area contributed by atoms with E-state index in [1.165, 1.54) is 16.7 Å². The molecule has 0 spiro atoms. The van der Waals surface area contributed by atoms with Crippen molar-refractivity contribution in [3.05, 3.63) is 34.9 Å². The summed E-state index contributed by atoms with van der Waals surface area (Å²) in [4.78, 5) is 10.8. The van der Waals surface area contributed by atoms with Crippen molar-refractivity contribution in [2.75, 3.05) is 6.54 Å². The van der Waals surface area contributed by atoms with Crippen LogP contribution in [0, 0.1) is 18.8 Å². The predicted molar refractivity (Wildman–Crippen MR) is 76.2 cm³/mol. The Morgan fingerprint density at radius 1 is 1.47 bits per heavy atom. The van der Waals surface area contributed by atoms with Gasteiger partial charge in [-0.25, -0.2) is 0 Å². The number of hydrogen-bond donors (Lipinski definition) is 2. The first-order valence-corrected chi connectivity index (χ1v) is 7.02. The van der Waals surface area contributed by atoms with E-state index in [0.29, 0.717) is 11.8 Å². The number of carboxylic acid groups (broad SMARTS) is 1. The van der Waals surface area contributed by atoms with Crippen LogP contribution in [0.3, 0.4) is 0 Å². The standard InChI is InChI=1S/C16H23NO2/c1-10(2)12-5-4-11(3)13(6-12)8-17-9-14-7-15(14)16(18)19/h4-6,10,14-15,17H,7-9H2,1-3H3,(H,18,19). The molecule has 1 fully saturated rings. The average molecular weight is 261 g/mol. The van der Waals surface area contributed by atoms with Gasteiger partial charge in [-0.2, -0.15) is 0 Å². The number of nitrogens with one attached hydrogen (secondary N) is 1. The second kappa shape index (κ2) is 5.74. The van der Waals surface area contributed by atoms with Gasteiger partial charge in [0, 0.05) is 6.54 Å². The number of carbonyl (C=O) groups is 1. The molecule has 2 rings (SSSR count). The number of hydrogen-bond acceptors (Lipinski definition) is 2. The summed E-state index contributed by atoms with van der Waals surface area (Å²) in [5.41, 5.74) is 3.97. The van der Waals surface area contributed by atoms with Gasteiger partial charge in [0.05, 0.1) is 5.92 Å². The van der Waals surface area contributed by atoms with E-state index in [4.69, 9.17) is 5.11 Å². The van der Waals surface area contributed by atoms with Gasteiger partial charge in [-0.05, 0) is 48.4 Å². The Morgan fingerprint density at radius 2 is 2.21 bits per heavy atom. The fourth-order valence-corrected chi connectivity index (χ4v) is 2.41. The van der Waals surface area contributed by atoms with E-state index in [2.05, 4.69) is 44.3 Å². The van der Waals surface area contributed by atoms with E-state index < -0.39 is 5.97 Å². The SMILES string of the molecule is Cc1ccc(C(C)C)cc1CNCC1CC1C(=O)O. The highest BCUT2D eigenvalue weighted by Gasteiger charge is 2.42. The normalized spacial score (nSPS) is 21.7.